The Hall–Kier alpha value is -1.33. The predicted molar refractivity (Wildman–Crippen MR) is 51.2 cm³/mol. The number of hydrogen-bond donors (Lipinski definition) is 1. The molecule has 0 fully saturated rings. The van der Waals surface area contributed by atoms with E-state index in [0.29, 0.717) is 5.56 Å². The van der Waals surface area contributed by atoms with E-state index in [1.807, 2.05) is 0 Å². The molecule has 0 aliphatic heterocycles. The maximum absolute atomic E-state index is 11.9. The van der Waals surface area contributed by atoms with Gasteiger partial charge in [-0.25, -0.2) is 4.98 Å². The molecule has 0 spiro atoms. The number of nitrogens with zero attached hydrogens (tertiary/aromatic N) is 2. The molecule has 86 valence electrons. The first-order valence-corrected chi connectivity index (χ1v) is 4.72. The summed E-state index contributed by atoms with van der Waals surface area (Å²) in [4.78, 5) is 3.48. The van der Waals surface area contributed by atoms with Gasteiger partial charge in [-0.3, -0.25) is 0 Å². The molecule has 0 saturated heterocycles. The van der Waals surface area contributed by atoms with E-state index < -0.39 is 12.2 Å². The Kier molecular flexibility index (Phi) is 3.72. The SMILES string of the molecule is N#Cc1cc(OC(F)(F)F)nc(Br)c1CN. The number of nitrogens with two attached hydrogens (primary N) is 1. The minimum atomic E-state index is -4.84. The number of alkyl halides is 3. The van der Waals surface area contributed by atoms with Crippen LogP contribution >= 0.6 is 15.9 Å². The summed E-state index contributed by atoms with van der Waals surface area (Å²) in [5.41, 5.74) is 5.64. The van der Waals surface area contributed by atoms with E-state index in [4.69, 9.17) is 11.0 Å². The van der Waals surface area contributed by atoms with Crippen molar-refractivity contribution >= 4 is 15.9 Å². The largest absolute Gasteiger partial charge is 0.574 e. The Balaban J connectivity index is 3.17. The van der Waals surface area contributed by atoms with E-state index >= 15 is 0 Å². The molecule has 1 aromatic heterocycles. The van der Waals surface area contributed by atoms with Crippen LogP contribution in [-0.2, 0) is 6.54 Å². The number of ether oxygens (including phenoxy) is 1. The van der Waals surface area contributed by atoms with Gasteiger partial charge in [0, 0.05) is 18.2 Å². The van der Waals surface area contributed by atoms with Crippen LogP contribution in [-0.4, -0.2) is 11.3 Å². The highest BCUT2D eigenvalue weighted by Crippen LogP contribution is 2.26. The Morgan fingerprint density at radius 1 is 1.56 bits per heavy atom. The maximum Gasteiger partial charge on any atom is 0.574 e. The lowest BCUT2D eigenvalue weighted by atomic mass is 10.1. The fraction of sp³-hybridized carbons (Fsp3) is 0.250. The molecule has 16 heavy (non-hydrogen) atoms. The van der Waals surface area contributed by atoms with Crippen LogP contribution in [0.3, 0.4) is 0 Å². The summed E-state index contributed by atoms with van der Waals surface area (Å²) in [5, 5.41) is 8.71. The van der Waals surface area contributed by atoms with E-state index in [-0.39, 0.29) is 16.7 Å². The second-order valence-electron chi connectivity index (χ2n) is 2.64. The molecule has 8 heteroatoms. The van der Waals surface area contributed by atoms with Crippen molar-refractivity contribution in [2.45, 2.75) is 12.9 Å². The smallest absolute Gasteiger partial charge is 0.388 e. The number of hydrogen-bond acceptors (Lipinski definition) is 4. The van der Waals surface area contributed by atoms with Crippen LogP contribution in [0.15, 0.2) is 10.7 Å². The molecule has 0 amide bonds. The molecule has 0 saturated carbocycles. The molecule has 0 aliphatic carbocycles. The van der Waals surface area contributed by atoms with Crippen molar-refractivity contribution in [2.75, 3.05) is 0 Å². The summed E-state index contributed by atoms with van der Waals surface area (Å²) in [6.45, 7) is -0.0111. The molecule has 0 aromatic carbocycles. The molecule has 0 aliphatic rings. The van der Waals surface area contributed by atoms with Gasteiger partial charge in [0.2, 0.25) is 5.88 Å². The van der Waals surface area contributed by atoms with Gasteiger partial charge >= 0.3 is 6.36 Å². The van der Waals surface area contributed by atoms with Gasteiger partial charge in [-0.1, -0.05) is 0 Å². The Morgan fingerprint density at radius 2 is 2.19 bits per heavy atom. The summed E-state index contributed by atoms with van der Waals surface area (Å²) in [5.74, 6) is -0.701. The highest BCUT2D eigenvalue weighted by atomic mass is 79.9. The predicted octanol–water partition coefficient (Wildman–Crippen LogP) is 2.07. The third-order valence-electron chi connectivity index (χ3n) is 1.60. The molecular formula is C8H5BrF3N3O. The second kappa shape index (κ2) is 4.67. The molecular weight excluding hydrogens is 291 g/mol. The van der Waals surface area contributed by atoms with Crippen LogP contribution in [0.2, 0.25) is 0 Å². The Bertz CT molecular complexity index is 441. The zero-order valence-electron chi connectivity index (χ0n) is 7.68. The van der Waals surface area contributed by atoms with Crippen LogP contribution in [0.25, 0.3) is 0 Å². The van der Waals surface area contributed by atoms with Crippen molar-refractivity contribution in [1.82, 2.24) is 4.98 Å². The molecule has 1 heterocycles. The molecule has 0 radical (unpaired) electrons. The summed E-state index contributed by atoms with van der Waals surface area (Å²) >= 11 is 2.92. The summed E-state index contributed by atoms with van der Waals surface area (Å²) in [6, 6.07) is 2.61. The number of halogens is 4. The van der Waals surface area contributed by atoms with Gasteiger partial charge in [-0.2, -0.15) is 5.26 Å². The third-order valence-corrected chi connectivity index (χ3v) is 2.25. The average Bonchev–Trinajstić information content (AvgIpc) is 2.14. The molecule has 1 aromatic rings. The molecule has 0 atom stereocenters. The standard InChI is InChI=1S/C8H5BrF3N3O/c9-7-5(3-14)4(2-13)1-6(15-7)16-8(10,11)12/h1H,3,14H2. The van der Waals surface area contributed by atoms with Crippen LogP contribution < -0.4 is 10.5 Å². The van der Waals surface area contributed by atoms with Crippen molar-refractivity contribution in [3.63, 3.8) is 0 Å². The van der Waals surface area contributed by atoms with Crippen molar-refractivity contribution in [3.8, 4) is 11.9 Å². The third kappa shape index (κ3) is 3.08. The topological polar surface area (TPSA) is 71.9 Å². The normalized spacial score (nSPS) is 11.0. The first-order valence-electron chi connectivity index (χ1n) is 3.92. The summed E-state index contributed by atoms with van der Waals surface area (Å²) < 4.78 is 39.4. The number of rotatable bonds is 2. The van der Waals surface area contributed by atoms with Gasteiger partial charge in [-0.15, -0.1) is 13.2 Å². The summed E-state index contributed by atoms with van der Waals surface area (Å²) in [6.07, 6.45) is -4.84. The molecule has 1 rings (SSSR count). The van der Waals surface area contributed by atoms with Gasteiger partial charge in [0.05, 0.1) is 11.6 Å². The lowest BCUT2D eigenvalue weighted by molar-refractivity contribution is -0.276. The zero-order chi connectivity index (χ0) is 12.3. The minimum absolute atomic E-state index is 0.0105. The van der Waals surface area contributed by atoms with Gasteiger partial charge in [0.1, 0.15) is 4.60 Å². The Labute approximate surface area is 97.0 Å². The van der Waals surface area contributed by atoms with Crippen molar-refractivity contribution < 1.29 is 17.9 Å². The highest BCUT2D eigenvalue weighted by Gasteiger charge is 2.32. The summed E-state index contributed by atoms with van der Waals surface area (Å²) in [7, 11) is 0. The van der Waals surface area contributed by atoms with Crippen LogP contribution in [0.4, 0.5) is 13.2 Å². The quantitative estimate of drug-likeness (QED) is 0.848. The molecule has 0 unspecified atom stereocenters. The van der Waals surface area contributed by atoms with E-state index in [9.17, 15) is 13.2 Å². The van der Waals surface area contributed by atoms with Gasteiger partial charge < -0.3 is 10.5 Å². The van der Waals surface area contributed by atoms with Crippen LogP contribution in [0.1, 0.15) is 11.1 Å². The Morgan fingerprint density at radius 3 is 2.62 bits per heavy atom. The fourth-order valence-corrected chi connectivity index (χ4v) is 1.53. The molecule has 0 bridgehead atoms. The zero-order valence-corrected chi connectivity index (χ0v) is 9.26. The second-order valence-corrected chi connectivity index (χ2v) is 3.39. The van der Waals surface area contributed by atoms with Gasteiger partial charge in [-0.05, 0) is 15.9 Å². The van der Waals surface area contributed by atoms with Crippen molar-refractivity contribution in [1.29, 1.82) is 5.26 Å². The average molecular weight is 296 g/mol. The monoisotopic (exact) mass is 295 g/mol. The van der Waals surface area contributed by atoms with Crippen LogP contribution in [0, 0.1) is 11.3 Å². The minimum Gasteiger partial charge on any atom is -0.388 e. The number of nitriles is 1. The van der Waals surface area contributed by atoms with E-state index in [0.717, 1.165) is 6.07 Å². The van der Waals surface area contributed by atoms with E-state index in [2.05, 4.69) is 25.7 Å². The van der Waals surface area contributed by atoms with Gasteiger partial charge in [0.15, 0.2) is 0 Å². The first-order chi connectivity index (χ1) is 7.37. The van der Waals surface area contributed by atoms with Crippen LogP contribution in [0.5, 0.6) is 5.88 Å². The van der Waals surface area contributed by atoms with Crippen molar-refractivity contribution in [3.05, 3.63) is 21.8 Å². The highest BCUT2D eigenvalue weighted by molar-refractivity contribution is 9.10. The van der Waals surface area contributed by atoms with Crippen molar-refractivity contribution in [2.24, 2.45) is 5.73 Å². The lowest BCUT2D eigenvalue weighted by Gasteiger charge is -2.10. The number of aromatic nitrogens is 1. The van der Waals surface area contributed by atoms with E-state index in [1.165, 1.54) is 0 Å². The molecule has 4 nitrogen and oxygen atoms in total. The first kappa shape index (κ1) is 12.7. The van der Waals surface area contributed by atoms with E-state index in [1.54, 1.807) is 6.07 Å². The number of pyridine rings is 1. The fourth-order valence-electron chi connectivity index (χ4n) is 0.983. The molecule has 2 N–H and O–H groups in total. The lowest BCUT2D eigenvalue weighted by Crippen LogP contribution is -2.18. The maximum atomic E-state index is 11.9. The van der Waals surface area contributed by atoms with Gasteiger partial charge in [0.25, 0.3) is 0 Å².